The summed E-state index contributed by atoms with van der Waals surface area (Å²) in [4.78, 5) is 24.2. The molecule has 11 heteroatoms. The molecular formula is C25H31ClN8O2. The van der Waals surface area contributed by atoms with E-state index >= 15 is 0 Å². The Balaban J connectivity index is 1.36. The van der Waals surface area contributed by atoms with Crippen LogP contribution in [0.15, 0.2) is 47.7 Å². The summed E-state index contributed by atoms with van der Waals surface area (Å²) in [5.74, 6) is 1.14. The molecule has 0 spiro atoms. The van der Waals surface area contributed by atoms with Crippen LogP contribution in [0.4, 0.5) is 17.5 Å². The van der Waals surface area contributed by atoms with Crippen molar-refractivity contribution in [2.75, 3.05) is 23.3 Å². The highest BCUT2D eigenvalue weighted by molar-refractivity contribution is 6.32. The molecule has 1 fully saturated rings. The maximum absolute atomic E-state index is 12.8. The molecule has 10 nitrogen and oxygen atoms in total. The molecule has 0 bridgehead atoms. The van der Waals surface area contributed by atoms with E-state index in [0.29, 0.717) is 35.8 Å². The standard InChI is InChI=1S/C25H31ClN8O2/c1-25(2,36)9-14-33-21-15-17(5-6-20(21)31(3)24(33)35)29-22-19(26)16-27-23(30-22)32-12-7-18(8-13-32)34-11-4-10-28-34/h4-6,10-11,15-16,18,36H,7-9,12-14H2,1-3H3,(H,27,29,30). The fourth-order valence-corrected chi connectivity index (χ4v) is 4.79. The maximum Gasteiger partial charge on any atom is 0.328 e. The number of halogens is 1. The molecule has 1 aliphatic heterocycles. The number of benzene rings is 1. The summed E-state index contributed by atoms with van der Waals surface area (Å²) in [6.45, 7) is 5.55. The van der Waals surface area contributed by atoms with Crippen LogP contribution in [-0.2, 0) is 13.6 Å². The van der Waals surface area contributed by atoms with Gasteiger partial charge in [0.2, 0.25) is 5.95 Å². The third-order valence-electron chi connectivity index (χ3n) is 6.73. The van der Waals surface area contributed by atoms with Crippen LogP contribution in [0.25, 0.3) is 11.0 Å². The summed E-state index contributed by atoms with van der Waals surface area (Å²) in [6, 6.07) is 8.04. The minimum Gasteiger partial charge on any atom is -0.390 e. The number of hydrogen-bond donors (Lipinski definition) is 2. The zero-order valence-corrected chi connectivity index (χ0v) is 21.5. The van der Waals surface area contributed by atoms with Crippen molar-refractivity contribution in [2.45, 2.75) is 51.3 Å². The molecule has 0 atom stereocenters. The van der Waals surface area contributed by atoms with Crippen molar-refractivity contribution in [2.24, 2.45) is 7.05 Å². The van der Waals surface area contributed by atoms with Crippen molar-refractivity contribution in [3.63, 3.8) is 0 Å². The SMILES string of the molecule is Cn1c(=O)n(CCC(C)(C)O)c2cc(Nc3nc(N4CCC(n5cccn5)CC4)ncc3Cl)ccc21. The summed E-state index contributed by atoms with van der Waals surface area (Å²) >= 11 is 6.45. The lowest BCUT2D eigenvalue weighted by atomic mass is 10.1. The molecule has 2 N–H and O–H groups in total. The molecular weight excluding hydrogens is 480 g/mol. The monoisotopic (exact) mass is 510 g/mol. The number of anilines is 3. The Morgan fingerprint density at radius 2 is 2.00 bits per heavy atom. The van der Waals surface area contributed by atoms with Gasteiger partial charge < -0.3 is 15.3 Å². The Kier molecular flexibility index (Phi) is 6.48. The molecule has 36 heavy (non-hydrogen) atoms. The van der Waals surface area contributed by atoms with Gasteiger partial charge in [0.05, 0.1) is 28.9 Å². The number of nitrogens with zero attached hydrogens (tertiary/aromatic N) is 7. The summed E-state index contributed by atoms with van der Waals surface area (Å²) in [5, 5.41) is 18.2. The lowest BCUT2D eigenvalue weighted by Gasteiger charge is -2.32. The van der Waals surface area contributed by atoms with Gasteiger partial charge in [-0.05, 0) is 57.4 Å². The highest BCUT2D eigenvalue weighted by Gasteiger charge is 2.23. The van der Waals surface area contributed by atoms with Gasteiger partial charge in [0.25, 0.3) is 0 Å². The van der Waals surface area contributed by atoms with Gasteiger partial charge in [-0.2, -0.15) is 10.1 Å². The van der Waals surface area contributed by atoms with E-state index in [-0.39, 0.29) is 5.69 Å². The van der Waals surface area contributed by atoms with E-state index < -0.39 is 5.60 Å². The average Bonchev–Trinajstić information content (AvgIpc) is 3.47. The van der Waals surface area contributed by atoms with Crippen LogP contribution < -0.4 is 15.9 Å². The predicted octanol–water partition coefficient (Wildman–Crippen LogP) is 3.73. The van der Waals surface area contributed by atoms with E-state index in [2.05, 4.69) is 20.3 Å². The van der Waals surface area contributed by atoms with E-state index in [1.54, 1.807) is 36.2 Å². The Labute approximate surface area is 214 Å². The van der Waals surface area contributed by atoms with Crippen molar-refractivity contribution in [3.8, 4) is 0 Å². The molecule has 190 valence electrons. The summed E-state index contributed by atoms with van der Waals surface area (Å²) in [6.07, 6.45) is 7.82. The normalized spacial score (nSPS) is 15.1. The van der Waals surface area contributed by atoms with Gasteiger partial charge in [0.15, 0.2) is 5.82 Å². The third-order valence-corrected chi connectivity index (χ3v) is 7.01. The smallest absolute Gasteiger partial charge is 0.328 e. The number of hydrogen-bond acceptors (Lipinski definition) is 7. The fourth-order valence-electron chi connectivity index (χ4n) is 4.65. The Morgan fingerprint density at radius 1 is 1.22 bits per heavy atom. The van der Waals surface area contributed by atoms with Crippen LogP contribution in [0.3, 0.4) is 0 Å². The van der Waals surface area contributed by atoms with Gasteiger partial charge in [-0.1, -0.05) is 11.6 Å². The van der Waals surface area contributed by atoms with Crippen LogP contribution in [0.1, 0.15) is 39.2 Å². The molecule has 1 saturated heterocycles. The first-order valence-electron chi connectivity index (χ1n) is 12.1. The van der Waals surface area contributed by atoms with Crippen molar-refractivity contribution in [3.05, 3.63) is 58.4 Å². The zero-order chi connectivity index (χ0) is 25.4. The number of fused-ring (bicyclic) bond motifs is 1. The van der Waals surface area contributed by atoms with Crippen LogP contribution >= 0.6 is 11.6 Å². The second kappa shape index (κ2) is 9.59. The van der Waals surface area contributed by atoms with Crippen molar-refractivity contribution >= 4 is 40.1 Å². The molecule has 0 radical (unpaired) electrons. The van der Waals surface area contributed by atoms with Gasteiger partial charge in [-0.25, -0.2) is 9.78 Å². The first kappa shape index (κ1) is 24.3. The average molecular weight is 511 g/mol. The van der Waals surface area contributed by atoms with Crippen LogP contribution in [-0.4, -0.2) is 52.7 Å². The number of aryl methyl sites for hydroxylation is 2. The first-order chi connectivity index (χ1) is 17.2. The van der Waals surface area contributed by atoms with Crippen LogP contribution in [0.5, 0.6) is 0 Å². The lowest BCUT2D eigenvalue weighted by molar-refractivity contribution is 0.0662. The van der Waals surface area contributed by atoms with Crippen molar-refractivity contribution in [1.82, 2.24) is 28.9 Å². The van der Waals surface area contributed by atoms with E-state index in [0.717, 1.165) is 42.7 Å². The maximum atomic E-state index is 12.8. The lowest BCUT2D eigenvalue weighted by Crippen LogP contribution is -2.36. The summed E-state index contributed by atoms with van der Waals surface area (Å²) in [5.41, 5.74) is 1.37. The van der Waals surface area contributed by atoms with Crippen molar-refractivity contribution < 1.29 is 5.11 Å². The van der Waals surface area contributed by atoms with Gasteiger partial charge in [-0.15, -0.1) is 0 Å². The van der Waals surface area contributed by atoms with E-state index in [4.69, 9.17) is 16.6 Å². The highest BCUT2D eigenvalue weighted by atomic mass is 35.5. The molecule has 0 unspecified atom stereocenters. The number of aromatic nitrogens is 6. The third kappa shape index (κ3) is 4.96. The molecule has 4 heterocycles. The second-order valence-corrected chi connectivity index (χ2v) is 10.4. The largest absolute Gasteiger partial charge is 0.390 e. The molecule has 0 saturated carbocycles. The first-order valence-corrected chi connectivity index (χ1v) is 12.5. The minimum absolute atomic E-state index is 0.118. The molecule has 3 aromatic heterocycles. The number of aliphatic hydroxyl groups is 1. The predicted molar refractivity (Wildman–Crippen MR) is 141 cm³/mol. The zero-order valence-electron chi connectivity index (χ0n) is 20.7. The summed E-state index contributed by atoms with van der Waals surface area (Å²) < 4.78 is 5.33. The Bertz CT molecular complexity index is 1410. The number of imidazole rings is 1. The van der Waals surface area contributed by atoms with E-state index in [9.17, 15) is 9.90 Å². The number of piperidine rings is 1. The van der Waals surface area contributed by atoms with Crippen LogP contribution in [0.2, 0.25) is 5.02 Å². The van der Waals surface area contributed by atoms with Crippen LogP contribution in [0, 0.1) is 0 Å². The molecule has 4 aromatic rings. The fraction of sp³-hybridized carbons (Fsp3) is 0.440. The Morgan fingerprint density at radius 3 is 2.69 bits per heavy atom. The molecule has 1 aromatic carbocycles. The van der Waals surface area contributed by atoms with E-state index in [1.165, 1.54) is 0 Å². The molecule has 1 aliphatic rings. The molecule has 0 aliphatic carbocycles. The Hall–Kier alpha value is -3.37. The van der Waals surface area contributed by atoms with Gasteiger partial charge in [-0.3, -0.25) is 13.8 Å². The van der Waals surface area contributed by atoms with Gasteiger partial charge in [0, 0.05) is 44.8 Å². The van der Waals surface area contributed by atoms with Gasteiger partial charge in [0.1, 0.15) is 5.02 Å². The molecule has 0 amide bonds. The van der Waals surface area contributed by atoms with Crippen molar-refractivity contribution in [1.29, 1.82) is 0 Å². The number of nitrogens with one attached hydrogen (secondary N) is 1. The summed E-state index contributed by atoms with van der Waals surface area (Å²) in [7, 11) is 1.75. The highest BCUT2D eigenvalue weighted by Crippen LogP contribution is 2.29. The minimum atomic E-state index is -0.866. The topological polar surface area (TPSA) is 106 Å². The van der Waals surface area contributed by atoms with Gasteiger partial charge >= 0.3 is 5.69 Å². The quantitative estimate of drug-likeness (QED) is 0.390. The van der Waals surface area contributed by atoms with E-state index in [1.807, 2.05) is 41.3 Å². The number of rotatable bonds is 7. The molecule has 5 rings (SSSR count). The second-order valence-electron chi connectivity index (χ2n) is 9.95.